The Morgan fingerprint density at radius 1 is 0.907 bits per heavy atom. The van der Waals surface area contributed by atoms with E-state index in [4.69, 9.17) is 16.7 Å². The highest BCUT2D eigenvalue weighted by atomic mass is 35.5. The fourth-order valence-corrected chi connectivity index (χ4v) is 6.12. The summed E-state index contributed by atoms with van der Waals surface area (Å²) in [6, 6.07) is 25.1. The van der Waals surface area contributed by atoms with Gasteiger partial charge in [0.05, 0.1) is 27.7 Å². The molecule has 7 nitrogen and oxygen atoms in total. The number of carbonyl (C=O) groups excluding carboxylic acids is 2. The second-order valence-corrected chi connectivity index (χ2v) is 11.5. The number of likely N-dealkylation sites (tertiary alicyclic amines) is 1. The molecular weight excluding hydrogens is 558 g/mol. The molecule has 43 heavy (non-hydrogen) atoms. The normalized spacial score (nSPS) is 14.2. The van der Waals surface area contributed by atoms with Gasteiger partial charge in [-0.15, -0.1) is 0 Å². The first-order valence-corrected chi connectivity index (χ1v) is 15.1. The monoisotopic (exact) mass is 591 g/mol. The van der Waals surface area contributed by atoms with Crippen LogP contribution in [0, 0.1) is 6.92 Å². The van der Waals surface area contributed by atoms with Crippen LogP contribution >= 0.6 is 11.6 Å². The van der Waals surface area contributed by atoms with E-state index in [1.54, 1.807) is 36.4 Å². The fourth-order valence-electron chi connectivity index (χ4n) is 5.77. The number of ketones is 1. The molecule has 0 atom stereocenters. The molecule has 0 bridgehead atoms. The molecule has 5 aromatic rings. The van der Waals surface area contributed by atoms with E-state index in [9.17, 15) is 9.59 Å². The summed E-state index contributed by atoms with van der Waals surface area (Å²) in [5.41, 5.74) is 6.17. The predicted molar refractivity (Wildman–Crippen MR) is 171 cm³/mol. The van der Waals surface area contributed by atoms with Crippen LogP contribution in [0.25, 0.3) is 11.0 Å². The summed E-state index contributed by atoms with van der Waals surface area (Å²) < 4.78 is 1.99. The van der Waals surface area contributed by atoms with Gasteiger partial charge in [-0.05, 0) is 61.6 Å². The molecule has 0 radical (unpaired) electrons. The van der Waals surface area contributed by atoms with E-state index >= 15 is 0 Å². The van der Waals surface area contributed by atoms with Gasteiger partial charge in [0.25, 0.3) is 5.91 Å². The topological polar surface area (TPSA) is 80.1 Å². The van der Waals surface area contributed by atoms with E-state index in [0.29, 0.717) is 32.9 Å². The van der Waals surface area contributed by atoms with Crippen molar-refractivity contribution in [3.8, 4) is 0 Å². The summed E-state index contributed by atoms with van der Waals surface area (Å²) >= 11 is 6.82. The number of piperidine rings is 1. The third kappa shape index (κ3) is 6.10. The Morgan fingerprint density at radius 2 is 1.56 bits per heavy atom. The standard InChI is InChI=1S/C35H34ClN5O2/c1-3-24-9-11-25(12-10-24)22-40-19-17-29(18-20-40)41-34-31(23(2)39-41)32(36)30(21-37-34)35(43)38-28-15-13-27(14-16-28)33(42)26-7-5-4-6-8-26/h4-16,21,29H,3,17-20,22H2,1-2H3,(H,38,43). The van der Waals surface area contributed by atoms with Gasteiger partial charge < -0.3 is 5.32 Å². The van der Waals surface area contributed by atoms with Crippen molar-refractivity contribution in [2.24, 2.45) is 0 Å². The number of hydrogen-bond acceptors (Lipinski definition) is 5. The summed E-state index contributed by atoms with van der Waals surface area (Å²) in [7, 11) is 0. The highest BCUT2D eigenvalue weighted by molar-refractivity contribution is 6.39. The number of carbonyl (C=O) groups is 2. The second kappa shape index (κ2) is 12.5. The molecule has 0 unspecified atom stereocenters. The first-order chi connectivity index (χ1) is 20.9. The zero-order valence-corrected chi connectivity index (χ0v) is 25.1. The van der Waals surface area contributed by atoms with Gasteiger partial charge in [-0.25, -0.2) is 9.67 Å². The summed E-state index contributed by atoms with van der Waals surface area (Å²) in [5.74, 6) is -0.440. The number of nitrogens with zero attached hydrogens (tertiary/aromatic N) is 4. The smallest absolute Gasteiger partial charge is 0.258 e. The Balaban J connectivity index is 1.13. The van der Waals surface area contributed by atoms with Crippen LogP contribution < -0.4 is 5.32 Å². The van der Waals surface area contributed by atoms with E-state index in [-0.39, 0.29) is 23.3 Å². The maximum absolute atomic E-state index is 13.2. The molecule has 0 aliphatic carbocycles. The van der Waals surface area contributed by atoms with Gasteiger partial charge in [0.2, 0.25) is 0 Å². The van der Waals surface area contributed by atoms with Crippen molar-refractivity contribution in [3.63, 3.8) is 0 Å². The number of rotatable bonds is 8. The number of amides is 1. The van der Waals surface area contributed by atoms with Crippen LogP contribution in [0.5, 0.6) is 0 Å². The molecule has 1 aliphatic rings. The Morgan fingerprint density at radius 3 is 2.23 bits per heavy atom. The van der Waals surface area contributed by atoms with Crippen molar-refractivity contribution >= 4 is 40.0 Å². The lowest BCUT2D eigenvalue weighted by Crippen LogP contribution is -2.34. The molecule has 1 aliphatic heterocycles. The number of nitrogens with one attached hydrogen (secondary N) is 1. The van der Waals surface area contributed by atoms with Gasteiger partial charge >= 0.3 is 0 Å². The number of pyridine rings is 1. The van der Waals surface area contributed by atoms with Crippen LogP contribution in [0.4, 0.5) is 5.69 Å². The molecule has 1 amide bonds. The highest BCUT2D eigenvalue weighted by Gasteiger charge is 2.26. The highest BCUT2D eigenvalue weighted by Crippen LogP contribution is 2.33. The van der Waals surface area contributed by atoms with Gasteiger partial charge in [0.15, 0.2) is 11.4 Å². The predicted octanol–water partition coefficient (Wildman–Crippen LogP) is 7.28. The average molecular weight is 592 g/mol. The summed E-state index contributed by atoms with van der Waals surface area (Å²) in [6.07, 6.45) is 4.51. The van der Waals surface area contributed by atoms with E-state index < -0.39 is 0 Å². The lowest BCUT2D eigenvalue weighted by molar-refractivity contribution is 0.102. The van der Waals surface area contributed by atoms with Crippen LogP contribution in [-0.2, 0) is 13.0 Å². The minimum Gasteiger partial charge on any atom is -0.322 e. The van der Waals surface area contributed by atoms with E-state index in [1.807, 2.05) is 29.8 Å². The third-order valence-corrected chi connectivity index (χ3v) is 8.65. The number of aryl methyl sites for hydroxylation is 2. The van der Waals surface area contributed by atoms with Gasteiger partial charge in [0.1, 0.15) is 0 Å². The first kappa shape index (κ1) is 28.8. The Bertz CT molecular complexity index is 1760. The average Bonchev–Trinajstić information content (AvgIpc) is 3.39. The lowest BCUT2D eigenvalue weighted by atomic mass is 10.0. The third-order valence-electron chi connectivity index (χ3n) is 8.26. The zero-order valence-electron chi connectivity index (χ0n) is 24.4. The number of fused-ring (bicyclic) bond motifs is 1. The number of benzene rings is 3. The maximum Gasteiger partial charge on any atom is 0.258 e. The molecule has 0 spiro atoms. The van der Waals surface area contributed by atoms with E-state index in [1.165, 1.54) is 17.3 Å². The largest absolute Gasteiger partial charge is 0.322 e. The number of aromatic nitrogens is 3. The van der Waals surface area contributed by atoms with Crippen LogP contribution in [0.3, 0.4) is 0 Å². The number of hydrogen-bond donors (Lipinski definition) is 1. The molecule has 8 heteroatoms. The van der Waals surface area contributed by atoms with Gasteiger partial charge in [-0.1, -0.05) is 73.1 Å². The van der Waals surface area contributed by atoms with Gasteiger partial charge in [-0.3, -0.25) is 14.5 Å². The minimum atomic E-state index is -0.367. The van der Waals surface area contributed by atoms with Gasteiger partial charge in [0, 0.05) is 42.6 Å². The van der Waals surface area contributed by atoms with Crippen molar-refractivity contribution < 1.29 is 9.59 Å². The van der Waals surface area contributed by atoms with Crippen molar-refractivity contribution in [1.29, 1.82) is 0 Å². The lowest BCUT2D eigenvalue weighted by Gasteiger charge is -2.32. The van der Waals surface area contributed by atoms with Crippen molar-refractivity contribution in [2.75, 3.05) is 18.4 Å². The van der Waals surface area contributed by atoms with E-state index in [2.05, 4.69) is 46.4 Å². The number of anilines is 1. The Kier molecular flexibility index (Phi) is 8.36. The Hall–Kier alpha value is -4.33. The molecule has 218 valence electrons. The maximum atomic E-state index is 13.2. The van der Waals surface area contributed by atoms with Crippen LogP contribution in [0.1, 0.15) is 68.9 Å². The van der Waals surface area contributed by atoms with Crippen molar-refractivity contribution in [1.82, 2.24) is 19.7 Å². The Labute approximate surface area is 256 Å². The molecular formula is C35H34ClN5O2. The van der Waals surface area contributed by atoms with E-state index in [0.717, 1.165) is 44.6 Å². The molecule has 2 aromatic heterocycles. The van der Waals surface area contributed by atoms with Crippen LogP contribution in [0.15, 0.2) is 85.1 Å². The molecule has 1 fully saturated rings. The summed E-state index contributed by atoms with van der Waals surface area (Å²) in [6.45, 7) is 6.99. The van der Waals surface area contributed by atoms with Crippen LogP contribution in [-0.4, -0.2) is 44.4 Å². The SMILES string of the molecule is CCc1ccc(CN2CCC(n3nc(C)c4c(Cl)c(C(=O)Nc5ccc(C(=O)c6ccccc6)cc5)cnc43)CC2)cc1. The molecule has 0 saturated carbocycles. The van der Waals surface area contributed by atoms with Crippen LogP contribution in [0.2, 0.25) is 5.02 Å². The summed E-state index contributed by atoms with van der Waals surface area (Å²) in [4.78, 5) is 33.1. The first-order valence-electron chi connectivity index (χ1n) is 14.8. The molecule has 1 saturated heterocycles. The fraction of sp³-hybridized carbons (Fsp3) is 0.257. The molecule has 6 rings (SSSR count). The van der Waals surface area contributed by atoms with Crippen molar-refractivity contribution in [3.05, 3.63) is 124 Å². The second-order valence-electron chi connectivity index (χ2n) is 11.1. The number of halogens is 1. The van der Waals surface area contributed by atoms with Crippen molar-refractivity contribution in [2.45, 2.75) is 45.7 Å². The molecule has 1 N–H and O–H groups in total. The zero-order chi connectivity index (χ0) is 29.9. The summed E-state index contributed by atoms with van der Waals surface area (Å²) in [5, 5.41) is 8.76. The minimum absolute atomic E-state index is 0.0731. The quantitative estimate of drug-likeness (QED) is 0.192. The van der Waals surface area contributed by atoms with Gasteiger partial charge in [-0.2, -0.15) is 5.10 Å². The molecule has 3 aromatic carbocycles. The molecule has 3 heterocycles.